The van der Waals surface area contributed by atoms with Crippen molar-refractivity contribution in [2.75, 3.05) is 0 Å². The van der Waals surface area contributed by atoms with Crippen molar-refractivity contribution in [1.29, 1.82) is 0 Å². The Hall–Kier alpha value is -2.38. The summed E-state index contributed by atoms with van der Waals surface area (Å²) in [5.41, 5.74) is 0. The van der Waals surface area contributed by atoms with E-state index in [1.54, 1.807) is 0 Å². The van der Waals surface area contributed by atoms with E-state index in [0.717, 1.165) is 0 Å². The first-order chi connectivity index (χ1) is 14.4. The first-order valence-electron chi connectivity index (χ1n) is 7.75. The van der Waals surface area contributed by atoms with Crippen molar-refractivity contribution in [3.05, 3.63) is 34.9 Å². The number of benzene rings is 1. The number of allylic oxidation sites excluding steroid dienone is 2. The number of aliphatic hydroxyl groups excluding tert-OH is 1. The van der Waals surface area contributed by atoms with Crippen LogP contribution in [0.4, 0.5) is 26.3 Å². The summed E-state index contributed by atoms with van der Waals surface area (Å²) in [7, 11) is -19.1. The Balaban J connectivity index is 3.58. The Morgan fingerprint density at radius 1 is 0.848 bits per heavy atom. The lowest BCUT2D eigenvalue weighted by Crippen LogP contribution is -2.61. The lowest BCUT2D eigenvalue weighted by atomic mass is 10.3. The predicted octanol–water partition coefficient (Wildman–Crippen LogP) is 2.26. The molecular weight excluding hydrogens is 538 g/mol. The molecule has 33 heavy (non-hydrogen) atoms. The second-order valence-electron chi connectivity index (χ2n) is 6.07. The molecule has 0 bridgehead atoms. The standard InChI is InChI=1S/C14H12F6O10S3/c1-7(21)11(8(2)22)31(23,24)13(17,18)12(15,16)14(19,20)33(28,29)30-9-3-5-10(6-4-9)32(25,26)27/h3-6,21H,1-2H3,(H,25,26,27)/b11-7-. The third-order valence-electron chi connectivity index (χ3n) is 3.63. The molecule has 188 valence electrons. The molecule has 0 spiro atoms. The zero-order valence-electron chi connectivity index (χ0n) is 16.0. The number of carbonyl (C=O) groups excluding carboxylic acids is 1. The molecule has 0 heterocycles. The Morgan fingerprint density at radius 3 is 1.61 bits per heavy atom. The maximum Gasteiger partial charge on any atom is 0.450 e. The van der Waals surface area contributed by atoms with Crippen molar-refractivity contribution in [3.63, 3.8) is 0 Å². The third-order valence-corrected chi connectivity index (χ3v) is 7.84. The fourth-order valence-electron chi connectivity index (χ4n) is 2.11. The van der Waals surface area contributed by atoms with Crippen LogP contribution in [0.3, 0.4) is 0 Å². The highest BCUT2D eigenvalue weighted by Gasteiger charge is 2.83. The highest BCUT2D eigenvalue weighted by atomic mass is 32.2. The molecule has 0 aliphatic rings. The molecule has 1 aromatic carbocycles. The predicted molar refractivity (Wildman–Crippen MR) is 95.6 cm³/mol. The van der Waals surface area contributed by atoms with E-state index < -0.39 is 73.6 Å². The van der Waals surface area contributed by atoms with E-state index in [4.69, 9.17) is 9.66 Å². The van der Waals surface area contributed by atoms with Gasteiger partial charge in [-0.15, -0.1) is 0 Å². The Morgan fingerprint density at radius 2 is 1.27 bits per heavy atom. The van der Waals surface area contributed by atoms with Crippen molar-refractivity contribution in [2.45, 2.75) is 35.2 Å². The monoisotopic (exact) mass is 550 g/mol. The van der Waals surface area contributed by atoms with E-state index in [-0.39, 0.29) is 26.0 Å². The number of ketones is 1. The van der Waals surface area contributed by atoms with Crippen LogP contribution in [0, 0.1) is 0 Å². The van der Waals surface area contributed by atoms with E-state index >= 15 is 0 Å². The van der Waals surface area contributed by atoms with E-state index in [9.17, 15) is 56.4 Å². The zero-order valence-corrected chi connectivity index (χ0v) is 18.4. The molecule has 10 nitrogen and oxygen atoms in total. The lowest BCUT2D eigenvalue weighted by molar-refractivity contribution is -0.245. The molecule has 0 aromatic heterocycles. The minimum Gasteiger partial charge on any atom is -0.511 e. The summed E-state index contributed by atoms with van der Waals surface area (Å²) in [4.78, 5) is 7.93. The number of hydrogen-bond acceptors (Lipinski definition) is 9. The van der Waals surface area contributed by atoms with E-state index in [1.165, 1.54) is 0 Å². The first-order valence-corrected chi connectivity index (χ1v) is 12.1. The molecule has 0 saturated heterocycles. The van der Waals surface area contributed by atoms with Crippen LogP contribution in [0.25, 0.3) is 0 Å². The van der Waals surface area contributed by atoms with Crippen LogP contribution >= 0.6 is 0 Å². The van der Waals surface area contributed by atoms with Crippen LogP contribution in [0.2, 0.25) is 0 Å². The molecule has 2 N–H and O–H groups in total. The number of Topliss-reactive ketones (excluding diaryl/α,β-unsaturated/α-hetero) is 1. The van der Waals surface area contributed by atoms with Gasteiger partial charge < -0.3 is 9.29 Å². The van der Waals surface area contributed by atoms with Gasteiger partial charge in [0.25, 0.3) is 20.0 Å². The summed E-state index contributed by atoms with van der Waals surface area (Å²) in [6.45, 7) is 0.506. The molecule has 1 rings (SSSR count). The van der Waals surface area contributed by atoms with Crippen molar-refractivity contribution in [1.82, 2.24) is 0 Å². The molecule has 1 aromatic rings. The number of carbonyl (C=O) groups is 1. The minimum atomic E-state index is -7.28. The van der Waals surface area contributed by atoms with Crippen LogP contribution in [0.15, 0.2) is 39.8 Å². The minimum absolute atomic E-state index is 0.217. The fraction of sp³-hybridized carbons (Fsp3) is 0.357. The first kappa shape index (κ1) is 28.7. The molecule has 0 aliphatic heterocycles. The van der Waals surface area contributed by atoms with Gasteiger partial charge in [0.05, 0.1) is 4.90 Å². The number of rotatable bonds is 9. The topological polar surface area (TPSA) is 169 Å². The number of alkyl halides is 6. The van der Waals surface area contributed by atoms with Crippen molar-refractivity contribution in [2.24, 2.45) is 0 Å². The third kappa shape index (κ3) is 4.80. The Bertz CT molecular complexity index is 1290. The smallest absolute Gasteiger partial charge is 0.450 e. The van der Waals surface area contributed by atoms with E-state index in [0.29, 0.717) is 12.1 Å². The molecular formula is C14H12F6O10S3. The Kier molecular flexibility index (Phi) is 7.33. The van der Waals surface area contributed by atoms with Crippen LogP contribution in [-0.4, -0.2) is 57.1 Å². The van der Waals surface area contributed by atoms with Crippen LogP contribution < -0.4 is 4.18 Å². The average molecular weight is 550 g/mol. The number of sulfone groups is 1. The second-order valence-corrected chi connectivity index (χ2v) is 11.0. The summed E-state index contributed by atoms with van der Waals surface area (Å²) in [5.74, 6) is -12.3. The van der Waals surface area contributed by atoms with Crippen LogP contribution in [-0.2, 0) is 34.9 Å². The molecule has 0 atom stereocenters. The number of halogens is 6. The molecule has 0 fully saturated rings. The molecule has 19 heteroatoms. The highest BCUT2D eigenvalue weighted by molar-refractivity contribution is 7.97. The summed E-state index contributed by atoms with van der Waals surface area (Å²) >= 11 is 0. The van der Waals surface area contributed by atoms with Crippen molar-refractivity contribution < 1.29 is 70.2 Å². The van der Waals surface area contributed by atoms with Gasteiger partial charge in [0.1, 0.15) is 11.5 Å². The maximum atomic E-state index is 14.2. The van der Waals surface area contributed by atoms with Crippen LogP contribution in [0.5, 0.6) is 5.75 Å². The fourth-order valence-corrected chi connectivity index (χ4v) is 5.05. The van der Waals surface area contributed by atoms with Gasteiger partial charge in [0.15, 0.2) is 10.7 Å². The van der Waals surface area contributed by atoms with Gasteiger partial charge in [-0.05, 0) is 38.1 Å². The normalized spacial score (nSPS) is 15.1. The lowest BCUT2D eigenvalue weighted by Gasteiger charge is -2.31. The van der Waals surface area contributed by atoms with E-state index in [1.807, 2.05) is 0 Å². The summed E-state index contributed by atoms with van der Waals surface area (Å²) in [5, 5.41) is -4.85. The molecule has 0 saturated carbocycles. The van der Waals surface area contributed by atoms with Gasteiger partial charge in [0, 0.05) is 0 Å². The summed E-state index contributed by atoms with van der Waals surface area (Å²) < 4.78 is 166. The van der Waals surface area contributed by atoms with Gasteiger partial charge in [-0.25, -0.2) is 8.42 Å². The van der Waals surface area contributed by atoms with Gasteiger partial charge in [-0.2, -0.15) is 43.2 Å². The number of hydrogen-bond donors (Lipinski definition) is 2. The van der Waals surface area contributed by atoms with Gasteiger partial charge in [-0.3, -0.25) is 9.35 Å². The highest BCUT2D eigenvalue weighted by Crippen LogP contribution is 2.52. The van der Waals surface area contributed by atoms with Crippen molar-refractivity contribution >= 4 is 35.9 Å². The number of aliphatic hydroxyl groups is 1. The van der Waals surface area contributed by atoms with Gasteiger partial charge in [-0.1, -0.05) is 0 Å². The molecule has 0 amide bonds. The average Bonchev–Trinajstić information content (AvgIpc) is 2.59. The van der Waals surface area contributed by atoms with E-state index in [2.05, 4.69) is 4.18 Å². The van der Waals surface area contributed by atoms with Gasteiger partial charge >= 0.3 is 26.5 Å². The summed E-state index contributed by atoms with van der Waals surface area (Å²) in [6.07, 6.45) is 0. The molecule has 0 radical (unpaired) electrons. The van der Waals surface area contributed by atoms with Crippen LogP contribution in [0.1, 0.15) is 13.8 Å². The Labute approximate surface area is 182 Å². The van der Waals surface area contributed by atoms with Gasteiger partial charge in [0.2, 0.25) is 0 Å². The quantitative estimate of drug-likeness (QED) is 0.153. The second kappa shape index (κ2) is 8.44. The maximum absolute atomic E-state index is 14.2. The molecule has 0 aliphatic carbocycles. The largest absolute Gasteiger partial charge is 0.511 e. The SMILES string of the molecule is CC(=O)/C(=C(\C)O)S(=O)(=O)C(F)(F)C(F)(F)C(F)(F)S(=O)(=O)Oc1ccc(S(=O)(=O)O)cc1. The molecule has 0 unspecified atom stereocenters. The zero-order chi connectivity index (χ0) is 26.4. The van der Waals surface area contributed by atoms with Crippen molar-refractivity contribution in [3.8, 4) is 5.75 Å². The summed E-state index contributed by atoms with van der Waals surface area (Å²) in [6, 6.07) is 1.25.